The molecule has 5 atom stereocenters. The zero-order chi connectivity index (χ0) is 39.9. The molecule has 11 heteroatoms. The Morgan fingerprint density at radius 1 is 0.660 bits per heavy atom. The Bertz CT molecular complexity index is 1710. The fourth-order valence-electron chi connectivity index (χ4n) is 5.59. The standard InChI is InChI=1S/C42H56O11/c1-14-24-15-17-25(18-16-24)30(43)26-19-20-27-22-49-42(28(27)21-26)33(52-37(47)41(11,12)13)32(51-36(46)40(8,9)10)31(50-35(45)39(5,6)7)29(53-42)23-48-34(44)38(2,3)4/h15-21,29,31-33H,14,22-23H2,1-13H3/t29-,31-,32+,33-,42+/m1/s1. The van der Waals surface area contributed by atoms with Crippen LogP contribution in [-0.2, 0) is 66.4 Å². The molecule has 2 aliphatic rings. The van der Waals surface area contributed by atoms with E-state index in [0.29, 0.717) is 22.3 Å². The molecule has 2 aromatic carbocycles. The molecule has 0 aromatic heterocycles. The van der Waals surface area contributed by atoms with E-state index in [2.05, 4.69) is 0 Å². The van der Waals surface area contributed by atoms with Crippen molar-refractivity contribution in [3.63, 3.8) is 0 Å². The van der Waals surface area contributed by atoms with Crippen LogP contribution in [0.4, 0.5) is 0 Å². The number of ketones is 1. The van der Waals surface area contributed by atoms with E-state index in [0.717, 1.165) is 12.0 Å². The average molecular weight is 737 g/mol. The maximum Gasteiger partial charge on any atom is 0.311 e. The predicted molar refractivity (Wildman–Crippen MR) is 195 cm³/mol. The zero-order valence-corrected chi connectivity index (χ0v) is 33.5. The molecule has 1 saturated heterocycles. The Morgan fingerprint density at radius 2 is 1.15 bits per heavy atom. The zero-order valence-electron chi connectivity index (χ0n) is 33.5. The molecule has 2 heterocycles. The highest BCUT2D eigenvalue weighted by molar-refractivity contribution is 6.09. The number of carbonyl (C=O) groups excluding carboxylic acids is 5. The lowest BCUT2D eigenvalue weighted by Crippen LogP contribution is -2.67. The molecule has 53 heavy (non-hydrogen) atoms. The first-order valence-corrected chi connectivity index (χ1v) is 18.2. The first-order chi connectivity index (χ1) is 24.3. The third kappa shape index (κ3) is 9.18. The van der Waals surface area contributed by atoms with Gasteiger partial charge in [0.05, 0.1) is 28.3 Å². The molecule has 0 N–H and O–H groups in total. The summed E-state index contributed by atoms with van der Waals surface area (Å²) in [6.45, 7) is 21.6. The van der Waals surface area contributed by atoms with Crippen molar-refractivity contribution < 1.29 is 52.4 Å². The van der Waals surface area contributed by atoms with Crippen LogP contribution >= 0.6 is 0 Å². The van der Waals surface area contributed by atoms with Crippen LogP contribution in [0.15, 0.2) is 42.5 Å². The molecule has 0 radical (unpaired) electrons. The van der Waals surface area contributed by atoms with Crippen LogP contribution in [-0.4, -0.2) is 60.7 Å². The molecule has 290 valence electrons. The third-order valence-electron chi connectivity index (χ3n) is 9.05. The number of carbonyl (C=O) groups is 5. The average Bonchev–Trinajstić information content (AvgIpc) is 3.41. The molecule has 0 aliphatic carbocycles. The summed E-state index contributed by atoms with van der Waals surface area (Å²) in [7, 11) is 0. The van der Waals surface area contributed by atoms with Crippen molar-refractivity contribution in [1.82, 2.24) is 0 Å². The summed E-state index contributed by atoms with van der Waals surface area (Å²) >= 11 is 0. The highest BCUT2D eigenvalue weighted by Gasteiger charge is 2.65. The van der Waals surface area contributed by atoms with Crippen molar-refractivity contribution in [2.24, 2.45) is 21.7 Å². The SMILES string of the molecule is CCc1ccc(C(=O)c2ccc3c(c2)[C@]2(OC3)O[C@H](COC(=O)C(C)(C)C)[C@@H](OC(=O)C(C)(C)C)[C@H](OC(=O)C(C)(C)C)[C@H]2OC(=O)C(C)(C)C)cc1. The summed E-state index contributed by atoms with van der Waals surface area (Å²) in [4.78, 5) is 68.2. The number of benzene rings is 2. The van der Waals surface area contributed by atoms with E-state index in [1.807, 2.05) is 19.1 Å². The largest absolute Gasteiger partial charge is 0.462 e. The maximum atomic E-state index is 13.9. The van der Waals surface area contributed by atoms with Crippen molar-refractivity contribution in [3.05, 3.63) is 70.3 Å². The summed E-state index contributed by atoms with van der Waals surface area (Å²) in [6, 6.07) is 12.4. The second-order valence-electron chi connectivity index (χ2n) is 18.0. The Hall–Kier alpha value is -4.09. The van der Waals surface area contributed by atoms with Gasteiger partial charge in [-0.25, -0.2) is 0 Å². The van der Waals surface area contributed by atoms with Gasteiger partial charge in [-0.3, -0.25) is 24.0 Å². The lowest BCUT2D eigenvalue weighted by Gasteiger charge is -2.50. The normalized spacial score (nSPS) is 23.2. The van der Waals surface area contributed by atoms with E-state index in [1.165, 1.54) is 0 Å². The van der Waals surface area contributed by atoms with Crippen LogP contribution in [0.25, 0.3) is 0 Å². The van der Waals surface area contributed by atoms with Gasteiger partial charge in [-0.05, 0) is 107 Å². The number of fused-ring (bicyclic) bond motifs is 2. The number of hydrogen-bond donors (Lipinski definition) is 0. The Morgan fingerprint density at radius 3 is 1.66 bits per heavy atom. The molecule has 0 bridgehead atoms. The number of aryl methyl sites for hydroxylation is 1. The van der Waals surface area contributed by atoms with Gasteiger partial charge in [-0.2, -0.15) is 0 Å². The van der Waals surface area contributed by atoms with E-state index in [-0.39, 0.29) is 12.4 Å². The van der Waals surface area contributed by atoms with Crippen LogP contribution in [0, 0.1) is 21.7 Å². The fourth-order valence-corrected chi connectivity index (χ4v) is 5.59. The second-order valence-corrected chi connectivity index (χ2v) is 18.0. The van der Waals surface area contributed by atoms with E-state index in [1.54, 1.807) is 113 Å². The van der Waals surface area contributed by atoms with Crippen molar-refractivity contribution in [1.29, 1.82) is 0 Å². The summed E-state index contributed by atoms with van der Waals surface area (Å²) in [5, 5.41) is 0. The summed E-state index contributed by atoms with van der Waals surface area (Å²) < 4.78 is 37.6. The summed E-state index contributed by atoms with van der Waals surface area (Å²) in [6.07, 6.45) is -4.97. The van der Waals surface area contributed by atoms with Crippen molar-refractivity contribution in [3.8, 4) is 0 Å². The molecule has 4 rings (SSSR count). The van der Waals surface area contributed by atoms with Crippen molar-refractivity contribution in [2.45, 2.75) is 133 Å². The van der Waals surface area contributed by atoms with Gasteiger partial charge in [-0.15, -0.1) is 0 Å². The quantitative estimate of drug-likeness (QED) is 0.157. The lowest BCUT2D eigenvalue weighted by molar-refractivity contribution is -0.372. The highest BCUT2D eigenvalue weighted by atomic mass is 16.8. The monoisotopic (exact) mass is 736 g/mol. The molecule has 1 fully saturated rings. The minimum Gasteiger partial charge on any atom is -0.462 e. The summed E-state index contributed by atoms with van der Waals surface area (Å²) in [5.74, 6) is -4.85. The molecule has 1 spiro atoms. The van der Waals surface area contributed by atoms with Crippen molar-refractivity contribution >= 4 is 29.7 Å². The molecule has 2 aliphatic heterocycles. The van der Waals surface area contributed by atoms with E-state index < -0.39 is 82.3 Å². The fraction of sp³-hybridized carbons (Fsp3) is 0.595. The summed E-state index contributed by atoms with van der Waals surface area (Å²) in [5.41, 5.74) is -1.17. The smallest absolute Gasteiger partial charge is 0.311 e. The third-order valence-corrected chi connectivity index (χ3v) is 9.05. The molecule has 0 unspecified atom stereocenters. The Balaban J connectivity index is 1.97. The van der Waals surface area contributed by atoms with Gasteiger partial charge in [0.25, 0.3) is 0 Å². The van der Waals surface area contributed by atoms with E-state index in [9.17, 15) is 24.0 Å². The van der Waals surface area contributed by atoms with Gasteiger partial charge in [0.15, 0.2) is 18.0 Å². The van der Waals surface area contributed by atoms with Gasteiger partial charge in [0.1, 0.15) is 12.7 Å². The lowest BCUT2D eigenvalue weighted by atomic mass is 9.84. The van der Waals surface area contributed by atoms with E-state index >= 15 is 0 Å². The molecule has 0 saturated carbocycles. The van der Waals surface area contributed by atoms with E-state index in [4.69, 9.17) is 28.4 Å². The van der Waals surface area contributed by atoms with Gasteiger partial charge < -0.3 is 28.4 Å². The molecular formula is C42H56O11. The van der Waals surface area contributed by atoms with Gasteiger partial charge in [0.2, 0.25) is 11.9 Å². The maximum absolute atomic E-state index is 13.9. The first-order valence-electron chi connectivity index (χ1n) is 18.2. The minimum absolute atomic E-state index is 0.0283. The highest BCUT2D eigenvalue weighted by Crippen LogP contribution is 2.50. The molecule has 2 aromatic rings. The molecular weight excluding hydrogens is 680 g/mol. The number of hydrogen-bond acceptors (Lipinski definition) is 11. The number of ether oxygens (including phenoxy) is 6. The number of esters is 4. The first kappa shape index (κ1) is 41.7. The minimum atomic E-state index is -2.00. The van der Waals surface area contributed by atoms with Crippen LogP contribution in [0.2, 0.25) is 0 Å². The van der Waals surface area contributed by atoms with Crippen molar-refractivity contribution in [2.75, 3.05) is 6.61 Å². The molecule has 11 nitrogen and oxygen atoms in total. The Labute approximate surface area is 313 Å². The van der Waals surface area contributed by atoms with Gasteiger partial charge in [0, 0.05) is 16.7 Å². The number of rotatable bonds is 8. The van der Waals surface area contributed by atoms with Gasteiger partial charge >= 0.3 is 23.9 Å². The van der Waals surface area contributed by atoms with Crippen LogP contribution < -0.4 is 0 Å². The molecule has 0 amide bonds. The van der Waals surface area contributed by atoms with Crippen LogP contribution in [0.1, 0.15) is 123 Å². The second kappa shape index (κ2) is 15.0. The van der Waals surface area contributed by atoms with Crippen LogP contribution in [0.5, 0.6) is 0 Å². The Kier molecular flexibility index (Phi) is 11.8. The van der Waals surface area contributed by atoms with Crippen LogP contribution in [0.3, 0.4) is 0 Å². The van der Waals surface area contributed by atoms with Gasteiger partial charge in [-0.1, -0.05) is 43.3 Å². The predicted octanol–water partition coefficient (Wildman–Crippen LogP) is 7.02. The topological polar surface area (TPSA) is 141 Å².